The van der Waals surface area contributed by atoms with Crippen molar-refractivity contribution in [2.45, 2.75) is 23.8 Å². The summed E-state index contributed by atoms with van der Waals surface area (Å²) in [5.41, 5.74) is 2.76. The minimum Gasteiger partial charge on any atom is -0.271 e. The smallest absolute Gasteiger partial charge is 0.124 e. The molecule has 0 heterocycles. The molecular weight excluding hydrogens is 223 g/mol. The fourth-order valence-electron chi connectivity index (χ4n) is 1.29. The summed E-state index contributed by atoms with van der Waals surface area (Å²) < 4.78 is 12.9. The van der Waals surface area contributed by atoms with E-state index in [-0.39, 0.29) is 11.9 Å². The fraction of sp³-hybridized carbons (Fsp3) is 0.333. The summed E-state index contributed by atoms with van der Waals surface area (Å²) in [6, 6.07) is 6.82. The number of hydrogen-bond donors (Lipinski definition) is 2. The van der Waals surface area contributed by atoms with E-state index in [4.69, 9.17) is 5.84 Å². The molecule has 0 saturated heterocycles. The second-order valence-electron chi connectivity index (χ2n) is 3.50. The Balaban J connectivity index is 2.39. The van der Waals surface area contributed by atoms with Crippen molar-refractivity contribution < 1.29 is 4.39 Å². The van der Waals surface area contributed by atoms with E-state index in [1.807, 2.05) is 12.1 Å². The third-order valence-corrected chi connectivity index (χ3v) is 3.36. The molecule has 4 heteroatoms. The first-order valence-electron chi connectivity index (χ1n) is 5.21. The van der Waals surface area contributed by atoms with Crippen molar-refractivity contribution in [1.29, 1.82) is 0 Å². The summed E-state index contributed by atoms with van der Waals surface area (Å²) in [5.74, 6) is 6.06. The third-order valence-electron chi connectivity index (χ3n) is 2.20. The lowest BCUT2D eigenvalue weighted by Crippen LogP contribution is -2.36. The van der Waals surface area contributed by atoms with Crippen LogP contribution >= 0.6 is 11.8 Å². The number of hydrazine groups is 1. The largest absolute Gasteiger partial charge is 0.271 e. The van der Waals surface area contributed by atoms with Gasteiger partial charge < -0.3 is 0 Å². The van der Waals surface area contributed by atoms with Crippen molar-refractivity contribution in [3.63, 3.8) is 0 Å². The molecule has 0 aliphatic rings. The lowest BCUT2D eigenvalue weighted by atomic mass is 10.2. The van der Waals surface area contributed by atoms with Crippen LogP contribution in [0.25, 0.3) is 0 Å². The van der Waals surface area contributed by atoms with Crippen LogP contribution in [-0.4, -0.2) is 11.8 Å². The number of allylic oxidation sites excluding steroid dienone is 1. The predicted octanol–water partition coefficient (Wildman–Crippen LogP) is 2.72. The van der Waals surface area contributed by atoms with Crippen LogP contribution in [0.3, 0.4) is 0 Å². The second kappa shape index (κ2) is 7.44. The summed E-state index contributed by atoms with van der Waals surface area (Å²) in [6.45, 7) is 3.67. The van der Waals surface area contributed by atoms with Gasteiger partial charge in [0, 0.05) is 16.7 Å². The van der Waals surface area contributed by atoms with E-state index >= 15 is 0 Å². The van der Waals surface area contributed by atoms with Crippen molar-refractivity contribution in [1.82, 2.24) is 5.43 Å². The van der Waals surface area contributed by atoms with Gasteiger partial charge in [-0.2, -0.15) is 0 Å². The second-order valence-corrected chi connectivity index (χ2v) is 4.59. The van der Waals surface area contributed by atoms with Crippen LogP contribution < -0.4 is 11.3 Å². The minimum absolute atomic E-state index is 0.201. The van der Waals surface area contributed by atoms with Crippen LogP contribution in [0.5, 0.6) is 0 Å². The Morgan fingerprint density at radius 1 is 1.56 bits per heavy atom. The Morgan fingerprint density at radius 3 is 3.00 bits per heavy atom. The first-order chi connectivity index (χ1) is 7.76. The highest BCUT2D eigenvalue weighted by molar-refractivity contribution is 7.99. The highest BCUT2D eigenvalue weighted by Crippen LogP contribution is 2.20. The summed E-state index contributed by atoms with van der Waals surface area (Å²) in [4.78, 5) is 0.929. The molecule has 88 valence electrons. The number of nitrogens with two attached hydrogens (primary N) is 1. The van der Waals surface area contributed by atoms with Gasteiger partial charge in [0.15, 0.2) is 0 Å². The van der Waals surface area contributed by atoms with Crippen molar-refractivity contribution in [3.8, 4) is 0 Å². The molecule has 1 unspecified atom stereocenters. The van der Waals surface area contributed by atoms with Gasteiger partial charge in [-0.15, -0.1) is 18.3 Å². The molecule has 0 aliphatic heterocycles. The first-order valence-corrected chi connectivity index (χ1v) is 6.20. The molecule has 0 fully saturated rings. The Morgan fingerprint density at radius 2 is 2.38 bits per heavy atom. The molecule has 2 nitrogen and oxygen atoms in total. The number of benzene rings is 1. The number of halogens is 1. The van der Waals surface area contributed by atoms with Crippen molar-refractivity contribution in [2.24, 2.45) is 5.84 Å². The van der Waals surface area contributed by atoms with Gasteiger partial charge in [0.05, 0.1) is 0 Å². The standard InChI is InChI=1S/C12H17FN2S/c1-2-3-6-11(15-14)9-16-12-7-4-5-10(13)8-12/h2,4-5,7-8,11,15H,1,3,6,9,14H2. The van der Waals surface area contributed by atoms with Crippen LogP contribution in [0.4, 0.5) is 4.39 Å². The molecule has 0 aromatic heterocycles. The Kier molecular flexibility index (Phi) is 6.15. The zero-order valence-corrected chi connectivity index (χ0v) is 9.97. The van der Waals surface area contributed by atoms with Crippen LogP contribution in [0, 0.1) is 5.82 Å². The number of rotatable bonds is 7. The molecule has 1 atom stereocenters. The van der Waals surface area contributed by atoms with Crippen molar-refractivity contribution in [3.05, 3.63) is 42.7 Å². The van der Waals surface area contributed by atoms with E-state index in [0.717, 1.165) is 23.5 Å². The molecule has 0 radical (unpaired) electrons. The van der Waals surface area contributed by atoms with Gasteiger partial charge in [0.1, 0.15) is 5.82 Å². The van der Waals surface area contributed by atoms with E-state index in [0.29, 0.717) is 0 Å². The van der Waals surface area contributed by atoms with Gasteiger partial charge in [0.2, 0.25) is 0 Å². The van der Waals surface area contributed by atoms with Crippen LogP contribution in [-0.2, 0) is 0 Å². The Labute approximate surface area is 100 Å². The van der Waals surface area contributed by atoms with Crippen LogP contribution in [0.2, 0.25) is 0 Å². The van der Waals surface area contributed by atoms with Gasteiger partial charge in [-0.25, -0.2) is 4.39 Å². The number of thioether (sulfide) groups is 1. The summed E-state index contributed by atoms with van der Waals surface area (Å²) in [7, 11) is 0. The Hall–Kier alpha value is -0.840. The van der Waals surface area contributed by atoms with Gasteiger partial charge in [0.25, 0.3) is 0 Å². The van der Waals surface area contributed by atoms with Crippen molar-refractivity contribution in [2.75, 3.05) is 5.75 Å². The highest BCUT2D eigenvalue weighted by atomic mass is 32.2. The van der Waals surface area contributed by atoms with E-state index in [1.54, 1.807) is 17.8 Å². The van der Waals surface area contributed by atoms with E-state index in [2.05, 4.69) is 12.0 Å². The molecule has 0 bridgehead atoms. The lowest BCUT2D eigenvalue weighted by Gasteiger charge is -2.14. The number of nitrogens with one attached hydrogen (secondary N) is 1. The van der Waals surface area contributed by atoms with Gasteiger partial charge in [-0.1, -0.05) is 12.1 Å². The lowest BCUT2D eigenvalue weighted by molar-refractivity contribution is 0.544. The highest BCUT2D eigenvalue weighted by Gasteiger charge is 2.06. The fourth-order valence-corrected chi connectivity index (χ4v) is 2.31. The van der Waals surface area contributed by atoms with E-state index < -0.39 is 0 Å². The summed E-state index contributed by atoms with van der Waals surface area (Å²) in [6.07, 6.45) is 3.75. The zero-order valence-electron chi connectivity index (χ0n) is 9.16. The Bertz CT molecular complexity index is 331. The molecular formula is C12H17FN2S. The molecule has 1 rings (SSSR count). The molecule has 3 N–H and O–H groups in total. The van der Waals surface area contributed by atoms with Crippen LogP contribution in [0.15, 0.2) is 41.8 Å². The molecule has 0 aliphatic carbocycles. The SMILES string of the molecule is C=CCCC(CSc1cccc(F)c1)NN. The number of hydrogen-bond acceptors (Lipinski definition) is 3. The molecule has 16 heavy (non-hydrogen) atoms. The average Bonchev–Trinajstić information content (AvgIpc) is 2.29. The van der Waals surface area contributed by atoms with E-state index in [9.17, 15) is 4.39 Å². The van der Waals surface area contributed by atoms with Gasteiger partial charge in [-0.05, 0) is 31.0 Å². The molecule has 0 saturated carbocycles. The maximum absolute atomic E-state index is 12.9. The molecule has 0 amide bonds. The zero-order chi connectivity index (χ0) is 11.8. The maximum Gasteiger partial charge on any atom is 0.124 e. The quantitative estimate of drug-likeness (QED) is 0.333. The average molecular weight is 240 g/mol. The minimum atomic E-state index is -0.201. The summed E-state index contributed by atoms with van der Waals surface area (Å²) in [5, 5.41) is 0. The molecule has 1 aromatic carbocycles. The predicted molar refractivity (Wildman–Crippen MR) is 67.7 cm³/mol. The summed E-state index contributed by atoms with van der Waals surface area (Å²) >= 11 is 1.60. The van der Waals surface area contributed by atoms with Crippen molar-refractivity contribution >= 4 is 11.8 Å². The van der Waals surface area contributed by atoms with Crippen LogP contribution in [0.1, 0.15) is 12.8 Å². The van der Waals surface area contributed by atoms with Gasteiger partial charge in [-0.3, -0.25) is 11.3 Å². The van der Waals surface area contributed by atoms with E-state index in [1.165, 1.54) is 12.1 Å². The van der Waals surface area contributed by atoms with Gasteiger partial charge >= 0.3 is 0 Å². The normalized spacial score (nSPS) is 12.4. The monoisotopic (exact) mass is 240 g/mol. The first kappa shape index (κ1) is 13.2. The third kappa shape index (κ3) is 4.79. The molecule has 0 spiro atoms. The molecule has 1 aromatic rings. The topological polar surface area (TPSA) is 38.0 Å². The maximum atomic E-state index is 12.9.